The molecule has 1 fully saturated rings. The first-order valence-electron chi connectivity index (χ1n) is 21.5. The number of amides is 2. The van der Waals surface area contributed by atoms with Gasteiger partial charge in [-0.25, -0.2) is 0 Å². The highest BCUT2D eigenvalue weighted by Gasteiger charge is 2.33. The summed E-state index contributed by atoms with van der Waals surface area (Å²) >= 11 is 0. The van der Waals surface area contributed by atoms with E-state index < -0.39 is 6.29 Å². The molecule has 0 spiro atoms. The molecule has 0 aromatic heterocycles. The molecule has 61 heavy (non-hydrogen) atoms. The number of para-hydroxylation sites is 2. The molecule has 9 heteroatoms. The highest BCUT2D eigenvalue weighted by Crippen LogP contribution is 2.39. The summed E-state index contributed by atoms with van der Waals surface area (Å²) in [7, 11) is 2.16. The molecular formula is C52H58N4O5. The van der Waals surface area contributed by atoms with E-state index in [1.54, 1.807) is 12.1 Å². The second-order valence-corrected chi connectivity index (χ2v) is 16.2. The highest BCUT2D eigenvalue weighted by molar-refractivity contribution is 5.93. The van der Waals surface area contributed by atoms with Crippen LogP contribution in [0.2, 0.25) is 0 Å². The smallest absolute Gasteiger partial charge is 0.224 e. The van der Waals surface area contributed by atoms with Crippen molar-refractivity contribution >= 4 is 34.0 Å². The Morgan fingerprint density at radius 1 is 0.721 bits per heavy atom. The van der Waals surface area contributed by atoms with Crippen LogP contribution in [0.25, 0.3) is 21.9 Å². The minimum Gasteiger partial charge on any atom is -0.397 e. The van der Waals surface area contributed by atoms with Crippen LogP contribution in [-0.2, 0) is 32.2 Å². The molecule has 9 nitrogen and oxygen atoms in total. The SMILES string of the molecule is CC(c1ccc2ccccc2c1)N(C)CC1CC(c2ccc(CO)cc2)OC(c2ccc(-c3cccc(CNC(=O)CCCCCCC(=O)Nc4ccccc4N)c3)cc2)O1. The molecule has 0 saturated carbocycles. The van der Waals surface area contributed by atoms with Gasteiger partial charge in [-0.1, -0.05) is 128 Å². The Kier molecular flexibility index (Phi) is 15.0. The second-order valence-electron chi connectivity index (χ2n) is 16.2. The van der Waals surface area contributed by atoms with Crippen LogP contribution in [0, 0.1) is 0 Å². The minimum atomic E-state index is -0.555. The van der Waals surface area contributed by atoms with Crippen molar-refractivity contribution in [3.8, 4) is 11.1 Å². The fraction of sp³-hybridized carbons (Fsp3) is 0.308. The minimum absolute atomic E-state index is 0.000289. The van der Waals surface area contributed by atoms with Gasteiger partial charge in [0.25, 0.3) is 0 Å². The number of nitrogens with zero attached hydrogens (tertiary/aromatic N) is 1. The fourth-order valence-electron chi connectivity index (χ4n) is 7.97. The van der Waals surface area contributed by atoms with E-state index in [1.165, 1.54) is 16.3 Å². The van der Waals surface area contributed by atoms with Crippen LogP contribution in [0.3, 0.4) is 0 Å². The molecule has 4 atom stereocenters. The summed E-state index contributed by atoms with van der Waals surface area (Å²) in [6, 6.07) is 47.2. The lowest BCUT2D eigenvalue weighted by molar-refractivity contribution is -0.253. The molecule has 0 radical (unpaired) electrons. The summed E-state index contributed by atoms with van der Waals surface area (Å²) < 4.78 is 13.4. The number of anilines is 2. The largest absolute Gasteiger partial charge is 0.397 e. The standard InChI is InChI=1S/C52H58N4O5/c1-36(43-29-26-39-13-7-8-14-45(39)31-43)56(2)34-46-32-49(41-22-20-37(35-57)21-23-41)61-52(60-46)42-27-24-40(25-28-42)44-15-11-12-38(30-44)33-54-50(58)18-5-3-4-6-19-51(59)55-48-17-10-9-16-47(48)53/h7-17,20-31,36,46,49,52,57H,3-6,18-19,32-35,53H2,1-2H3,(H,54,58)(H,55,59). The highest BCUT2D eigenvalue weighted by atomic mass is 16.7. The molecule has 6 aromatic carbocycles. The van der Waals surface area contributed by atoms with Crippen molar-refractivity contribution in [2.24, 2.45) is 0 Å². The molecule has 6 aromatic rings. The molecule has 1 heterocycles. The first kappa shape index (κ1) is 43.3. The van der Waals surface area contributed by atoms with Crippen LogP contribution in [0.15, 0.2) is 140 Å². The maximum atomic E-state index is 12.7. The number of fused-ring (bicyclic) bond motifs is 1. The second kappa shape index (κ2) is 21.1. The number of hydrogen-bond donors (Lipinski definition) is 4. The molecule has 316 valence electrons. The summed E-state index contributed by atoms with van der Waals surface area (Å²) in [6.45, 7) is 3.42. The monoisotopic (exact) mass is 818 g/mol. The zero-order valence-corrected chi connectivity index (χ0v) is 35.3. The van der Waals surface area contributed by atoms with Gasteiger partial charge in [0.05, 0.1) is 30.2 Å². The van der Waals surface area contributed by atoms with Crippen molar-refractivity contribution in [1.29, 1.82) is 0 Å². The Morgan fingerprint density at radius 3 is 2.18 bits per heavy atom. The number of benzene rings is 6. The van der Waals surface area contributed by atoms with E-state index in [2.05, 4.69) is 108 Å². The third-order valence-corrected chi connectivity index (χ3v) is 11.7. The summed E-state index contributed by atoms with van der Waals surface area (Å²) in [5.74, 6) is -0.0252. The van der Waals surface area contributed by atoms with Gasteiger partial charge in [0.15, 0.2) is 6.29 Å². The van der Waals surface area contributed by atoms with Gasteiger partial charge >= 0.3 is 0 Å². The normalized spacial score (nSPS) is 17.0. The van der Waals surface area contributed by atoms with Crippen LogP contribution >= 0.6 is 0 Å². The molecule has 0 bridgehead atoms. The lowest BCUT2D eigenvalue weighted by atomic mass is 9.98. The summed E-state index contributed by atoms with van der Waals surface area (Å²) in [6.07, 6.45) is 4.08. The third-order valence-electron chi connectivity index (χ3n) is 11.7. The van der Waals surface area contributed by atoms with Gasteiger partial charge in [-0.05, 0) is 95.2 Å². The van der Waals surface area contributed by atoms with Crippen molar-refractivity contribution in [2.75, 3.05) is 24.6 Å². The fourth-order valence-corrected chi connectivity index (χ4v) is 7.97. The zero-order chi connectivity index (χ0) is 42.6. The van der Waals surface area contributed by atoms with E-state index in [-0.39, 0.29) is 36.7 Å². The molecule has 5 N–H and O–H groups in total. The van der Waals surface area contributed by atoms with Crippen molar-refractivity contribution in [2.45, 2.75) is 89.6 Å². The van der Waals surface area contributed by atoms with Gasteiger partial charge < -0.3 is 30.9 Å². The predicted molar refractivity (Wildman–Crippen MR) is 244 cm³/mol. The molecule has 7 rings (SSSR count). The van der Waals surface area contributed by atoms with Crippen molar-refractivity contribution in [3.05, 3.63) is 167 Å². The quantitative estimate of drug-likeness (QED) is 0.0503. The Bertz CT molecular complexity index is 2370. The Labute approximate surface area is 359 Å². The van der Waals surface area contributed by atoms with Crippen LogP contribution in [0.1, 0.15) is 98.1 Å². The number of hydrogen-bond acceptors (Lipinski definition) is 7. The number of nitrogen functional groups attached to an aromatic ring is 1. The van der Waals surface area contributed by atoms with E-state index in [0.29, 0.717) is 37.2 Å². The third kappa shape index (κ3) is 11.9. The Balaban J connectivity index is 0.919. The van der Waals surface area contributed by atoms with Gasteiger partial charge in [0.2, 0.25) is 11.8 Å². The van der Waals surface area contributed by atoms with Gasteiger partial charge in [-0.3, -0.25) is 14.5 Å². The molecule has 1 saturated heterocycles. The molecule has 1 aliphatic rings. The molecule has 1 aliphatic heterocycles. The maximum absolute atomic E-state index is 12.7. The maximum Gasteiger partial charge on any atom is 0.224 e. The van der Waals surface area contributed by atoms with Gasteiger partial charge in [0, 0.05) is 44.0 Å². The number of nitrogens with one attached hydrogen (secondary N) is 2. The number of carbonyl (C=O) groups excluding carboxylic acids is 2. The average molecular weight is 819 g/mol. The predicted octanol–water partition coefficient (Wildman–Crippen LogP) is 10.4. The van der Waals surface area contributed by atoms with Crippen LogP contribution in [0.5, 0.6) is 0 Å². The summed E-state index contributed by atoms with van der Waals surface area (Å²) in [4.78, 5) is 27.3. The van der Waals surface area contributed by atoms with E-state index in [9.17, 15) is 14.7 Å². The average Bonchev–Trinajstić information content (AvgIpc) is 3.29. The number of unbranched alkanes of at least 4 members (excludes halogenated alkanes) is 3. The summed E-state index contributed by atoms with van der Waals surface area (Å²) in [5.41, 5.74) is 14.4. The number of likely N-dealkylation sites (N-methyl/N-ethyl adjacent to an activating group) is 1. The molecule has 0 aliphatic carbocycles. The topological polar surface area (TPSA) is 126 Å². The first-order chi connectivity index (χ1) is 29.7. The van der Waals surface area contributed by atoms with Crippen molar-refractivity contribution in [3.63, 3.8) is 0 Å². The number of ether oxygens (including phenoxy) is 2. The van der Waals surface area contributed by atoms with Crippen LogP contribution in [0.4, 0.5) is 11.4 Å². The zero-order valence-electron chi connectivity index (χ0n) is 35.3. The number of aliphatic hydroxyl groups excluding tert-OH is 1. The van der Waals surface area contributed by atoms with E-state index >= 15 is 0 Å². The lowest BCUT2D eigenvalue weighted by Gasteiger charge is -2.39. The van der Waals surface area contributed by atoms with Crippen molar-refractivity contribution in [1.82, 2.24) is 10.2 Å². The van der Waals surface area contributed by atoms with Gasteiger partial charge in [0.1, 0.15) is 0 Å². The van der Waals surface area contributed by atoms with Crippen LogP contribution in [-0.4, -0.2) is 41.5 Å². The number of carbonyl (C=O) groups is 2. The molecular weight excluding hydrogens is 761 g/mol. The molecule has 2 amide bonds. The van der Waals surface area contributed by atoms with E-state index in [4.69, 9.17) is 15.2 Å². The van der Waals surface area contributed by atoms with Crippen LogP contribution < -0.4 is 16.4 Å². The Morgan fingerprint density at radius 2 is 1.43 bits per heavy atom. The molecule has 4 unspecified atom stereocenters. The van der Waals surface area contributed by atoms with E-state index in [1.807, 2.05) is 48.5 Å². The number of rotatable bonds is 18. The first-order valence-corrected chi connectivity index (χ1v) is 21.5. The van der Waals surface area contributed by atoms with E-state index in [0.717, 1.165) is 65.6 Å². The lowest BCUT2D eigenvalue weighted by Crippen LogP contribution is -2.38. The number of nitrogens with two attached hydrogens (primary N) is 1. The van der Waals surface area contributed by atoms with Crippen molar-refractivity contribution < 1.29 is 24.2 Å². The summed E-state index contributed by atoms with van der Waals surface area (Å²) in [5, 5.41) is 18.1. The number of aliphatic hydroxyl groups is 1. The van der Waals surface area contributed by atoms with Gasteiger partial charge in [-0.15, -0.1) is 0 Å². The van der Waals surface area contributed by atoms with Gasteiger partial charge in [-0.2, -0.15) is 0 Å². The Hall–Kier alpha value is -5.84.